The van der Waals surface area contributed by atoms with Crippen molar-refractivity contribution < 1.29 is 28.3 Å². The van der Waals surface area contributed by atoms with Crippen LogP contribution in [0.2, 0.25) is 0 Å². The van der Waals surface area contributed by atoms with Gasteiger partial charge in [0, 0.05) is 30.4 Å². The largest absolute Gasteiger partial charge is 0.480 e. The SMILES string of the molecule is CC(C)[C@H](Nc1ccc(CNC(=O)[C@@H]2CSCN2C(=O)C[C@H](N)Cc2cc(F)ccc2F)cc1)C(=O)O. The molecule has 1 fully saturated rings. The van der Waals surface area contributed by atoms with Crippen molar-refractivity contribution in [2.24, 2.45) is 11.7 Å². The third kappa shape index (κ3) is 7.90. The average Bonchev–Trinajstić information content (AvgIpc) is 3.34. The summed E-state index contributed by atoms with van der Waals surface area (Å²) in [5.74, 6) is -2.00. The molecule has 3 atom stereocenters. The lowest BCUT2D eigenvalue weighted by Gasteiger charge is -2.24. The number of carbonyl (C=O) groups excluding carboxylic acids is 2. The zero-order valence-corrected chi connectivity index (χ0v) is 21.6. The number of nitrogens with two attached hydrogens (primary N) is 1. The molecule has 1 aliphatic heterocycles. The number of carbonyl (C=O) groups is 3. The smallest absolute Gasteiger partial charge is 0.326 e. The Morgan fingerprint density at radius 1 is 1.16 bits per heavy atom. The molecule has 0 radical (unpaired) electrons. The molecule has 0 bridgehead atoms. The number of aliphatic carboxylic acids is 1. The molecule has 5 N–H and O–H groups in total. The molecule has 1 heterocycles. The average molecular weight is 535 g/mol. The highest BCUT2D eigenvalue weighted by Crippen LogP contribution is 2.23. The summed E-state index contributed by atoms with van der Waals surface area (Å²) < 4.78 is 27.3. The number of amides is 2. The van der Waals surface area contributed by atoms with Crippen molar-refractivity contribution in [3.8, 4) is 0 Å². The van der Waals surface area contributed by atoms with Crippen LogP contribution in [0.1, 0.15) is 31.4 Å². The van der Waals surface area contributed by atoms with Gasteiger partial charge in [-0.05, 0) is 53.8 Å². The molecule has 3 rings (SSSR count). The first kappa shape index (κ1) is 28.4. The van der Waals surface area contributed by atoms with E-state index >= 15 is 0 Å². The molecule has 0 aliphatic carbocycles. The van der Waals surface area contributed by atoms with Crippen LogP contribution in [0.15, 0.2) is 42.5 Å². The zero-order valence-electron chi connectivity index (χ0n) is 20.7. The number of nitrogens with one attached hydrogen (secondary N) is 2. The second-order valence-corrected chi connectivity index (χ2v) is 10.4. The number of carboxylic acids is 1. The predicted octanol–water partition coefficient (Wildman–Crippen LogP) is 2.96. The van der Waals surface area contributed by atoms with Crippen LogP contribution in [0.4, 0.5) is 14.5 Å². The second kappa shape index (κ2) is 12.9. The molecular weight excluding hydrogens is 502 g/mol. The fraction of sp³-hybridized carbons (Fsp3) is 0.423. The predicted molar refractivity (Wildman–Crippen MR) is 139 cm³/mol. The minimum Gasteiger partial charge on any atom is -0.480 e. The van der Waals surface area contributed by atoms with E-state index in [1.807, 2.05) is 13.8 Å². The van der Waals surface area contributed by atoms with Crippen LogP contribution in [-0.2, 0) is 27.3 Å². The Morgan fingerprint density at radius 3 is 2.51 bits per heavy atom. The number of anilines is 1. The number of nitrogens with zero attached hydrogens (tertiary/aromatic N) is 1. The maximum Gasteiger partial charge on any atom is 0.326 e. The number of carboxylic acid groups (broad SMARTS) is 1. The van der Waals surface area contributed by atoms with Crippen molar-refractivity contribution in [1.82, 2.24) is 10.2 Å². The lowest BCUT2D eigenvalue weighted by molar-refractivity contribution is -0.139. The highest BCUT2D eigenvalue weighted by atomic mass is 32.2. The van der Waals surface area contributed by atoms with E-state index in [2.05, 4.69) is 10.6 Å². The van der Waals surface area contributed by atoms with E-state index in [1.165, 1.54) is 16.7 Å². The molecule has 1 aliphatic rings. The van der Waals surface area contributed by atoms with Gasteiger partial charge < -0.3 is 26.4 Å². The standard InChI is InChI=1S/C26H32F2N4O4S/c1-15(2)24(26(35)36)31-20-6-3-16(4-7-20)12-30-25(34)22-13-37-14-32(22)23(33)11-19(29)10-17-9-18(27)5-8-21(17)28/h3-9,15,19,22,24,31H,10-14,29H2,1-2H3,(H,30,34)(H,35,36)/t19-,22+,24+/m1/s1. The maximum absolute atomic E-state index is 13.9. The quantitative estimate of drug-likeness (QED) is 0.349. The zero-order chi connectivity index (χ0) is 27.1. The van der Waals surface area contributed by atoms with Crippen molar-refractivity contribution in [1.29, 1.82) is 0 Å². The van der Waals surface area contributed by atoms with Crippen molar-refractivity contribution in [3.63, 3.8) is 0 Å². The minimum absolute atomic E-state index is 0.00239. The van der Waals surface area contributed by atoms with Crippen LogP contribution in [-0.4, -0.2) is 57.5 Å². The van der Waals surface area contributed by atoms with Crippen LogP contribution in [0.5, 0.6) is 0 Å². The van der Waals surface area contributed by atoms with Gasteiger partial charge in [0.05, 0.1) is 5.88 Å². The van der Waals surface area contributed by atoms with Crippen molar-refractivity contribution in [2.45, 2.75) is 51.4 Å². The first-order chi connectivity index (χ1) is 17.5. The number of halogens is 2. The normalized spacial score (nSPS) is 16.9. The molecule has 37 heavy (non-hydrogen) atoms. The number of hydrogen-bond acceptors (Lipinski definition) is 6. The number of hydrogen-bond donors (Lipinski definition) is 4. The van der Waals surface area contributed by atoms with E-state index in [9.17, 15) is 28.3 Å². The van der Waals surface area contributed by atoms with Gasteiger partial charge in [-0.2, -0.15) is 0 Å². The summed E-state index contributed by atoms with van der Waals surface area (Å²) in [6, 6.07) is 8.12. The van der Waals surface area contributed by atoms with Gasteiger partial charge in [-0.1, -0.05) is 26.0 Å². The molecule has 200 valence electrons. The summed E-state index contributed by atoms with van der Waals surface area (Å²) in [7, 11) is 0. The number of benzene rings is 2. The summed E-state index contributed by atoms with van der Waals surface area (Å²) in [6.07, 6.45) is -0.0924. The molecule has 2 amide bonds. The molecule has 8 nitrogen and oxygen atoms in total. The van der Waals surface area contributed by atoms with Crippen molar-refractivity contribution in [3.05, 3.63) is 65.2 Å². The first-order valence-electron chi connectivity index (χ1n) is 12.0. The van der Waals surface area contributed by atoms with E-state index in [0.29, 0.717) is 17.3 Å². The topological polar surface area (TPSA) is 125 Å². The van der Waals surface area contributed by atoms with Gasteiger partial charge in [-0.15, -0.1) is 11.8 Å². The van der Waals surface area contributed by atoms with E-state index in [1.54, 1.807) is 24.3 Å². The van der Waals surface area contributed by atoms with Crippen molar-refractivity contribution >= 4 is 35.2 Å². The number of rotatable bonds is 11. The summed E-state index contributed by atoms with van der Waals surface area (Å²) in [4.78, 5) is 38.5. The van der Waals surface area contributed by atoms with Crippen LogP contribution in [0.3, 0.4) is 0 Å². The van der Waals surface area contributed by atoms with Gasteiger partial charge >= 0.3 is 5.97 Å². The first-order valence-corrected chi connectivity index (χ1v) is 13.1. The molecule has 1 saturated heterocycles. The van der Waals surface area contributed by atoms with Crippen LogP contribution >= 0.6 is 11.8 Å². The van der Waals surface area contributed by atoms with Crippen LogP contribution in [0.25, 0.3) is 0 Å². The molecular formula is C26H32F2N4O4S. The molecule has 0 saturated carbocycles. The maximum atomic E-state index is 13.9. The fourth-order valence-corrected chi connectivity index (χ4v) is 5.20. The second-order valence-electron chi connectivity index (χ2n) is 9.40. The van der Waals surface area contributed by atoms with Gasteiger partial charge in [0.15, 0.2) is 0 Å². The lowest BCUT2D eigenvalue weighted by Crippen LogP contribution is -2.48. The molecule has 0 spiro atoms. The van der Waals surface area contributed by atoms with E-state index in [-0.39, 0.29) is 42.7 Å². The van der Waals surface area contributed by atoms with Gasteiger partial charge in [-0.3, -0.25) is 9.59 Å². The Labute approximate surface area is 219 Å². The van der Waals surface area contributed by atoms with E-state index < -0.39 is 35.7 Å². The van der Waals surface area contributed by atoms with Crippen LogP contribution in [0, 0.1) is 17.6 Å². The highest BCUT2D eigenvalue weighted by Gasteiger charge is 2.35. The number of thioether (sulfide) groups is 1. The molecule has 2 aromatic rings. The Balaban J connectivity index is 1.51. The molecule has 11 heteroatoms. The van der Waals surface area contributed by atoms with Crippen molar-refractivity contribution in [2.75, 3.05) is 16.9 Å². The third-order valence-electron chi connectivity index (χ3n) is 6.11. The molecule has 2 aromatic carbocycles. The summed E-state index contributed by atoms with van der Waals surface area (Å²) >= 11 is 1.45. The van der Waals surface area contributed by atoms with Crippen LogP contribution < -0.4 is 16.4 Å². The van der Waals surface area contributed by atoms with Gasteiger partial charge in [0.1, 0.15) is 23.7 Å². The van der Waals surface area contributed by atoms with Gasteiger partial charge in [0.2, 0.25) is 11.8 Å². The Bertz CT molecular complexity index is 1120. The lowest BCUT2D eigenvalue weighted by atomic mass is 10.0. The Hall–Kier alpha value is -3.18. The minimum atomic E-state index is -0.929. The fourth-order valence-electron chi connectivity index (χ4n) is 4.02. The van der Waals surface area contributed by atoms with Gasteiger partial charge in [0.25, 0.3) is 0 Å². The summed E-state index contributed by atoms with van der Waals surface area (Å²) in [5.41, 5.74) is 7.63. The van der Waals surface area contributed by atoms with Gasteiger partial charge in [-0.25, -0.2) is 13.6 Å². The summed E-state index contributed by atoms with van der Waals surface area (Å²) in [5, 5.41) is 15.2. The van der Waals surface area contributed by atoms with E-state index in [0.717, 1.165) is 23.8 Å². The Morgan fingerprint density at radius 2 is 1.86 bits per heavy atom. The third-order valence-corrected chi connectivity index (χ3v) is 7.12. The molecule has 0 aromatic heterocycles. The summed E-state index contributed by atoms with van der Waals surface area (Å²) in [6.45, 7) is 3.89. The Kier molecular flexibility index (Phi) is 9.87. The molecule has 0 unspecified atom stereocenters. The highest BCUT2D eigenvalue weighted by molar-refractivity contribution is 7.99. The monoisotopic (exact) mass is 534 g/mol. The van der Waals surface area contributed by atoms with E-state index in [4.69, 9.17) is 5.73 Å².